The second kappa shape index (κ2) is 8.92. The third kappa shape index (κ3) is 5.23. The number of piperazine rings is 1. The highest BCUT2D eigenvalue weighted by Gasteiger charge is 2.27. The van der Waals surface area contributed by atoms with Crippen LogP contribution in [0.4, 0.5) is 10.5 Å². The lowest BCUT2D eigenvalue weighted by Gasteiger charge is -2.38. The van der Waals surface area contributed by atoms with E-state index in [4.69, 9.17) is 4.74 Å². The number of anilines is 1. The Morgan fingerprint density at radius 2 is 1.57 bits per heavy atom. The lowest BCUT2D eigenvalue weighted by molar-refractivity contribution is -0.117. The number of morpholine rings is 1. The van der Waals surface area contributed by atoms with Crippen LogP contribution in [0.15, 0.2) is 24.3 Å². The van der Waals surface area contributed by atoms with Crippen LogP contribution < -0.4 is 5.32 Å². The molecule has 0 aliphatic carbocycles. The van der Waals surface area contributed by atoms with Gasteiger partial charge in [0.1, 0.15) is 0 Å². The van der Waals surface area contributed by atoms with E-state index in [-0.39, 0.29) is 17.4 Å². The zero-order valence-electron chi connectivity index (χ0n) is 17.2. The van der Waals surface area contributed by atoms with Crippen molar-refractivity contribution < 1.29 is 14.3 Å². The van der Waals surface area contributed by atoms with Crippen LogP contribution in [-0.2, 0) is 14.9 Å². The largest absolute Gasteiger partial charge is 0.378 e. The number of hydrogen-bond donors (Lipinski definition) is 1. The summed E-state index contributed by atoms with van der Waals surface area (Å²) in [6.45, 7) is 12.1. The van der Waals surface area contributed by atoms with E-state index in [1.54, 1.807) is 0 Å². The number of para-hydroxylation sites is 1. The molecule has 154 valence electrons. The Balaban J connectivity index is 1.48. The average Bonchev–Trinajstić information content (AvgIpc) is 2.68. The highest BCUT2D eigenvalue weighted by molar-refractivity contribution is 5.93. The Hall–Kier alpha value is -2.12. The van der Waals surface area contributed by atoms with E-state index >= 15 is 0 Å². The summed E-state index contributed by atoms with van der Waals surface area (Å²) in [6.07, 6.45) is 0. The Kier molecular flexibility index (Phi) is 6.57. The molecular formula is C21H32N4O3. The van der Waals surface area contributed by atoms with Crippen molar-refractivity contribution in [2.45, 2.75) is 26.2 Å². The van der Waals surface area contributed by atoms with E-state index in [1.165, 1.54) is 0 Å². The maximum atomic E-state index is 12.6. The number of carbonyl (C=O) groups excluding carboxylic acids is 2. The number of rotatable bonds is 3. The molecule has 1 N–H and O–H groups in total. The molecule has 0 aromatic heterocycles. The molecule has 0 atom stereocenters. The molecule has 2 fully saturated rings. The molecule has 2 aliphatic heterocycles. The summed E-state index contributed by atoms with van der Waals surface area (Å²) in [4.78, 5) is 31.0. The number of ether oxygens (including phenoxy) is 1. The first-order valence-corrected chi connectivity index (χ1v) is 10.1. The molecule has 0 saturated carbocycles. The third-order valence-corrected chi connectivity index (χ3v) is 5.30. The van der Waals surface area contributed by atoms with Crippen molar-refractivity contribution in [3.8, 4) is 0 Å². The van der Waals surface area contributed by atoms with Crippen LogP contribution in [-0.4, -0.2) is 85.7 Å². The first-order chi connectivity index (χ1) is 13.3. The van der Waals surface area contributed by atoms with Crippen LogP contribution in [0.25, 0.3) is 0 Å². The van der Waals surface area contributed by atoms with Gasteiger partial charge in [-0.05, 0) is 17.0 Å². The van der Waals surface area contributed by atoms with E-state index in [2.05, 4.69) is 37.1 Å². The topological polar surface area (TPSA) is 65.1 Å². The average molecular weight is 389 g/mol. The van der Waals surface area contributed by atoms with Gasteiger partial charge in [0.15, 0.2) is 0 Å². The van der Waals surface area contributed by atoms with E-state index in [0.717, 1.165) is 11.3 Å². The van der Waals surface area contributed by atoms with E-state index < -0.39 is 0 Å². The summed E-state index contributed by atoms with van der Waals surface area (Å²) < 4.78 is 5.31. The van der Waals surface area contributed by atoms with E-state index in [9.17, 15) is 9.59 Å². The Morgan fingerprint density at radius 1 is 0.964 bits per heavy atom. The maximum absolute atomic E-state index is 12.6. The molecule has 1 aromatic carbocycles. The number of nitrogens with one attached hydrogen (secondary N) is 1. The standard InChI is InChI=1S/C21H32N4O3/c1-21(2,3)17-6-4-5-7-18(17)22-19(26)16-23-8-10-24(11-9-23)20(27)25-12-14-28-15-13-25/h4-7H,8-16H2,1-3H3,(H,22,26). The quantitative estimate of drug-likeness (QED) is 0.860. The predicted octanol–water partition coefficient (Wildman–Crippen LogP) is 1.99. The predicted molar refractivity (Wildman–Crippen MR) is 110 cm³/mol. The molecule has 1 aromatic rings. The van der Waals surface area contributed by atoms with Crippen molar-refractivity contribution >= 4 is 17.6 Å². The second-order valence-corrected chi connectivity index (χ2v) is 8.49. The van der Waals surface area contributed by atoms with Gasteiger partial charge in [0.25, 0.3) is 0 Å². The van der Waals surface area contributed by atoms with Gasteiger partial charge in [-0.15, -0.1) is 0 Å². The monoisotopic (exact) mass is 388 g/mol. The number of hydrogen-bond acceptors (Lipinski definition) is 4. The van der Waals surface area contributed by atoms with Gasteiger partial charge < -0.3 is 19.9 Å². The number of nitrogens with zero attached hydrogens (tertiary/aromatic N) is 3. The smallest absolute Gasteiger partial charge is 0.320 e. The molecule has 0 unspecified atom stereocenters. The minimum Gasteiger partial charge on any atom is -0.378 e. The summed E-state index contributed by atoms with van der Waals surface area (Å²) in [5.74, 6) is -0.00958. The number of amides is 3. The minimum absolute atomic E-state index is 0.00958. The Labute approximate surface area is 167 Å². The van der Waals surface area contributed by atoms with Crippen molar-refractivity contribution in [1.82, 2.24) is 14.7 Å². The molecule has 2 heterocycles. The van der Waals surface area contributed by atoms with Crippen LogP contribution in [0.1, 0.15) is 26.3 Å². The molecule has 0 radical (unpaired) electrons. The van der Waals surface area contributed by atoms with E-state index in [0.29, 0.717) is 59.0 Å². The fourth-order valence-electron chi connectivity index (χ4n) is 3.69. The molecule has 3 amide bonds. The molecular weight excluding hydrogens is 356 g/mol. The van der Waals surface area contributed by atoms with Gasteiger partial charge in [0, 0.05) is 45.0 Å². The van der Waals surface area contributed by atoms with Crippen molar-refractivity contribution in [1.29, 1.82) is 0 Å². The second-order valence-electron chi connectivity index (χ2n) is 8.49. The van der Waals surface area contributed by atoms with Crippen LogP contribution in [0.2, 0.25) is 0 Å². The summed E-state index contributed by atoms with van der Waals surface area (Å²) in [5, 5.41) is 3.07. The normalized spacial score (nSPS) is 18.8. The zero-order valence-corrected chi connectivity index (χ0v) is 17.2. The van der Waals surface area contributed by atoms with Gasteiger partial charge in [-0.2, -0.15) is 0 Å². The maximum Gasteiger partial charge on any atom is 0.320 e. The molecule has 3 rings (SSSR count). The van der Waals surface area contributed by atoms with Gasteiger partial charge in [-0.3, -0.25) is 9.69 Å². The van der Waals surface area contributed by atoms with Crippen molar-refractivity contribution in [3.05, 3.63) is 29.8 Å². The van der Waals surface area contributed by atoms with Gasteiger partial charge in [0.05, 0.1) is 19.8 Å². The molecule has 0 spiro atoms. The van der Waals surface area contributed by atoms with Crippen molar-refractivity contribution in [2.24, 2.45) is 0 Å². The van der Waals surface area contributed by atoms with Gasteiger partial charge in [-0.25, -0.2) is 4.79 Å². The Bertz CT molecular complexity index is 687. The SMILES string of the molecule is CC(C)(C)c1ccccc1NC(=O)CN1CCN(C(=O)N2CCOCC2)CC1. The highest BCUT2D eigenvalue weighted by Crippen LogP contribution is 2.29. The first-order valence-electron chi connectivity index (χ1n) is 10.1. The number of carbonyl (C=O) groups is 2. The number of benzene rings is 1. The zero-order chi connectivity index (χ0) is 20.1. The first kappa shape index (κ1) is 20.6. The fraction of sp³-hybridized carbons (Fsp3) is 0.619. The van der Waals surface area contributed by atoms with E-state index in [1.807, 2.05) is 28.0 Å². The van der Waals surface area contributed by atoms with Crippen LogP contribution in [0, 0.1) is 0 Å². The lowest BCUT2D eigenvalue weighted by atomic mass is 9.86. The molecule has 0 bridgehead atoms. The van der Waals surface area contributed by atoms with Crippen LogP contribution in [0.3, 0.4) is 0 Å². The minimum atomic E-state index is -0.0324. The lowest BCUT2D eigenvalue weighted by Crippen LogP contribution is -2.55. The third-order valence-electron chi connectivity index (χ3n) is 5.30. The van der Waals surface area contributed by atoms with Crippen molar-refractivity contribution in [2.75, 3.05) is 64.3 Å². The molecule has 7 nitrogen and oxygen atoms in total. The Morgan fingerprint density at radius 3 is 2.21 bits per heavy atom. The summed E-state index contributed by atoms with van der Waals surface area (Å²) in [5.41, 5.74) is 1.97. The van der Waals surface area contributed by atoms with Gasteiger partial charge in [-0.1, -0.05) is 39.0 Å². The summed E-state index contributed by atoms with van der Waals surface area (Å²) >= 11 is 0. The molecule has 28 heavy (non-hydrogen) atoms. The summed E-state index contributed by atoms with van der Waals surface area (Å²) in [6, 6.07) is 8.05. The van der Waals surface area contributed by atoms with Gasteiger partial charge in [0.2, 0.25) is 5.91 Å². The van der Waals surface area contributed by atoms with Crippen LogP contribution in [0.5, 0.6) is 0 Å². The molecule has 7 heteroatoms. The molecule has 2 saturated heterocycles. The fourth-order valence-corrected chi connectivity index (χ4v) is 3.69. The number of urea groups is 1. The van der Waals surface area contributed by atoms with Gasteiger partial charge >= 0.3 is 6.03 Å². The van der Waals surface area contributed by atoms with Crippen molar-refractivity contribution in [3.63, 3.8) is 0 Å². The van der Waals surface area contributed by atoms with Crippen LogP contribution >= 0.6 is 0 Å². The molecule has 2 aliphatic rings. The highest BCUT2D eigenvalue weighted by atomic mass is 16.5. The summed E-state index contributed by atoms with van der Waals surface area (Å²) in [7, 11) is 0.